The van der Waals surface area contributed by atoms with Gasteiger partial charge in [0.2, 0.25) is 0 Å². The predicted octanol–water partition coefficient (Wildman–Crippen LogP) is 6.83. The number of hydrogen-bond acceptors (Lipinski definition) is 4. The molecule has 6 rings (SSSR count). The molecule has 0 radical (unpaired) electrons. The number of methoxy groups -OCH3 is 1. The van der Waals surface area contributed by atoms with Gasteiger partial charge in [-0.05, 0) is 58.5 Å². The second kappa shape index (κ2) is 8.38. The molecule has 168 valence electrons. The molecule has 0 unspecified atom stereocenters. The zero-order valence-corrected chi connectivity index (χ0v) is 19.0. The lowest BCUT2D eigenvalue weighted by molar-refractivity contribution is -0.116. The second-order valence-electron chi connectivity index (χ2n) is 9.01. The van der Waals surface area contributed by atoms with Gasteiger partial charge in [-0.15, -0.1) is 0 Å². The maximum absolute atomic E-state index is 13.8. The Bertz CT molecular complexity index is 1420. The van der Waals surface area contributed by atoms with E-state index in [1.807, 2.05) is 24.3 Å². The highest BCUT2D eigenvalue weighted by molar-refractivity contribution is 6.02. The van der Waals surface area contributed by atoms with Gasteiger partial charge in [-0.25, -0.2) is 0 Å². The Morgan fingerprint density at radius 3 is 2.35 bits per heavy atom. The van der Waals surface area contributed by atoms with Crippen molar-refractivity contribution in [2.24, 2.45) is 0 Å². The molecule has 0 amide bonds. The number of rotatable bonds is 3. The van der Waals surface area contributed by atoms with Gasteiger partial charge < -0.3 is 15.4 Å². The molecule has 2 N–H and O–H groups in total. The summed E-state index contributed by atoms with van der Waals surface area (Å²) in [5.74, 6) is 1.14. The third kappa shape index (κ3) is 3.52. The van der Waals surface area contributed by atoms with Crippen molar-refractivity contribution in [2.45, 2.75) is 24.8 Å². The number of benzene rings is 4. The van der Waals surface area contributed by atoms with Gasteiger partial charge >= 0.3 is 0 Å². The van der Waals surface area contributed by atoms with Crippen LogP contribution in [0.2, 0.25) is 0 Å². The third-order valence-electron chi connectivity index (χ3n) is 7.03. The standard InChI is InChI=1S/C30H26N2O2/c1-34-22-15-13-19(14-16-22)21-17-27-29(28(33)18-21)30(32-26-12-5-4-11-25(26)31-27)24-10-6-8-20-7-2-3-9-23(20)24/h2-16,21,30-32H,17-18H2,1H3/t21-,30-/m1/s1. The molecule has 1 aliphatic heterocycles. The number of hydrogen-bond donors (Lipinski definition) is 2. The molecule has 0 spiro atoms. The number of carbonyl (C=O) groups excluding carboxylic acids is 1. The van der Waals surface area contributed by atoms with Crippen molar-refractivity contribution in [2.75, 3.05) is 17.7 Å². The average Bonchev–Trinajstić information content (AvgIpc) is 3.05. The lowest BCUT2D eigenvalue weighted by Crippen LogP contribution is -2.27. The first-order chi connectivity index (χ1) is 16.7. The van der Waals surface area contributed by atoms with E-state index in [0.29, 0.717) is 6.42 Å². The normalized spacial score (nSPS) is 19.5. The van der Waals surface area contributed by atoms with Crippen LogP contribution in [-0.2, 0) is 4.79 Å². The molecule has 4 nitrogen and oxygen atoms in total. The van der Waals surface area contributed by atoms with Crippen molar-refractivity contribution < 1.29 is 9.53 Å². The van der Waals surface area contributed by atoms with Crippen molar-refractivity contribution in [3.63, 3.8) is 0 Å². The van der Waals surface area contributed by atoms with Gasteiger partial charge in [-0.2, -0.15) is 0 Å². The summed E-state index contributed by atoms with van der Waals surface area (Å²) in [5, 5.41) is 9.68. The monoisotopic (exact) mass is 446 g/mol. The Kier molecular flexibility index (Phi) is 5.06. The molecule has 0 saturated heterocycles. The molecular formula is C30H26N2O2. The van der Waals surface area contributed by atoms with E-state index in [2.05, 4.69) is 77.4 Å². The van der Waals surface area contributed by atoms with E-state index >= 15 is 0 Å². The predicted molar refractivity (Wildman–Crippen MR) is 137 cm³/mol. The minimum atomic E-state index is -0.221. The van der Waals surface area contributed by atoms with E-state index in [1.54, 1.807) is 7.11 Å². The molecule has 2 aliphatic rings. The summed E-state index contributed by atoms with van der Waals surface area (Å²) >= 11 is 0. The maximum Gasteiger partial charge on any atom is 0.163 e. The van der Waals surface area contributed by atoms with Gasteiger partial charge in [0.05, 0.1) is 24.5 Å². The summed E-state index contributed by atoms with van der Waals surface area (Å²) in [6.07, 6.45) is 1.27. The molecule has 4 aromatic rings. The Morgan fingerprint density at radius 1 is 0.794 bits per heavy atom. The van der Waals surface area contributed by atoms with Crippen molar-refractivity contribution in [3.05, 3.63) is 113 Å². The smallest absolute Gasteiger partial charge is 0.163 e. The Balaban J connectivity index is 1.48. The van der Waals surface area contributed by atoms with Crippen LogP contribution in [0, 0.1) is 0 Å². The van der Waals surface area contributed by atoms with Crippen LogP contribution in [0.1, 0.15) is 35.9 Å². The topological polar surface area (TPSA) is 50.4 Å². The lowest BCUT2D eigenvalue weighted by Gasteiger charge is -2.30. The maximum atomic E-state index is 13.8. The van der Waals surface area contributed by atoms with Gasteiger partial charge in [0, 0.05) is 17.7 Å². The van der Waals surface area contributed by atoms with E-state index in [9.17, 15) is 4.79 Å². The zero-order chi connectivity index (χ0) is 23.1. The summed E-state index contributed by atoms with van der Waals surface area (Å²) in [6, 6.07) is 30.8. The molecule has 0 aromatic heterocycles. The number of para-hydroxylation sites is 2. The number of ketones is 1. The fraction of sp³-hybridized carbons (Fsp3) is 0.167. The molecule has 1 aliphatic carbocycles. The first kappa shape index (κ1) is 20.5. The van der Waals surface area contributed by atoms with Crippen LogP contribution in [0.25, 0.3) is 10.8 Å². The number of Topliss-reactive ketones (excluding diaryl/α,β-unsaturated/α-hetero) is 1. The third-order valence-corrected chi connectivity index (χ3v) is 7.03. The highest BCUT2D eigenvalue weighted by Crippen LogP contribution is 2.45. The first-order valence-corrected chi connectivity index (χ1v) is 11.7. The molecular weight excluding hydrogens is 420 g/mol. The molecule has 2 atom stereocenters. The molecule has 34 heavy (non-hydrogen) atoms. The average molecular weight is 447 g/mol. The number of nitrogens with one attached hydrogen (secondary N) is 2. The van der Waals surface area contributed by atoms with Gasteiger partial charge in [0.25, 0.3) is 0 Å². The highest BCUT2D eigenvalue weighted by Gasteiger charge is 2.36. The van der Waals surface area contributed by atoms with Gasteiger partial charge in [0.15, 0.2) is 5.78 Å². The van der Waals surface area contributed by atoms with Crippen molar-refractivity contribution >= 4 is 27.9 Å². The van der Waals surface area contributed by atoms with E-state index < -0.39 is 0 Å². The van der Waals surface area contributed by atoms with Gasteiger partial charge in [-0.3, -0.25) is 4.79 Å². The van der Waals surface area contributed by atoms with Crippen molar-refractivity contribution in [3.8, 4) is 5.75 Å². The zero-order valence-electron chi connectivity index (χ0n) is 19.0. The van der Waals surface area contributed by atoms with E-state index in [-0.39, 0.29) is 17.7 Å². The van der Waals surface area contributed by atoms with Crippen LogP contribution in [0.4, 0.5) is 11.4 Å². The lowest BCUT2D eigenvalue weighted by atomic mass is 9.78. The number of anilines is 2. The Morgan fingerprint density at radius 2 is 1.53 bits per heavy atom. The van der Waals surface area contributed by atoms with Crippen LogP contribution in [0.5, 0.6) is 5.75 Å². The number of fused-ring (bicyclic) bond motifs is 2. The first-order valence-electron chi connectivity index (χ1n) is 11.7. The van der Waals surface area contributed by atoms with Crippen LogP contribution in [0.15, 0.2) is 102 Å². The Hall–Kier alpha value is -4.05. The number of ether oxygens (including phenoxy) is 1. The molecule has 0 bridgehead atoms. The highest BCUT2D eigenvalue weighted by atomic mass is 16.5. The number of allylic oxidation sites excluding steroid dienone is 1. The summed E-state index contributed by atoms with van der Waals surface area (Å²) in [7, 11) is 1.67. The summed E-state index contributed by atoms with van der Waals surface area (Å²) in [6.45, 7) is 0. The minimum Gasteiger partial charge on any atom is -0.497 e. The van der Waals surface area contributed by atoms with E-state index in [4.69, 9.17) is 4.74 Å². The molecule has 4 aromatic carbocycles. The van der Waals surface area contributed by atoms with E-state index in [0.717, 1.165) is 45.9 Å². The number of carbonyl (C=O) groups is 1. The van der Waals surface area contributed by atoms with Crippen molar-refractivity contribution in [1.29, 1.82) is 0 Å². The van der Waals surface area contributed by atoms with Crippen LogP contribution in [-0.4, -0.2) is 12.9 Å². The molecule has 0 saturated carbocycles. The molecule has 0 fully saturated rings. The SMILES string of the molecule is COc1ccc([C@H]2CC(=O)C3=C(C2)Nc2ccccc2N[C@@H]3c2cccc3ccccc23)cc1. The van der Waals surface area contributed by atoms with Crippen LogP contribution >= 0.6 is 0 Å². The fourth-order valence-electron chi connectivity index (χ4n) is 5.34. The fourth-order valence-corrected chi connectivity index (χ4v) is 5.34. The van der Waals surface area contributed by atoms with E-state index in [1.165, 1.54) is 10.8 Å². The summed E-state index contributed by atoms with van der Waals surface area (Å²) < 4.78 is 5.32. The Labute approximate surface area is 199 Å². The van der Waals surface area contributed by atoms with Gasteiger partial charge in [-0.1, -0.05) is 66.7 Å². The van der Waals surface area contributed by atoms with Gasteiger partial charge in [0.1, 0.15) is 5.75 Å². The minimum absolute atomic E-state index is 0.128. The molecule has 1 heterocycles. The van der Waals surface area contributed by atoms with Crippen LogP contribution in [0.3, 0.4) is 0 Å². The second-order valence-corrected chi connectivity index (χ2v) is 9.01. The summed E-state index contributed by atoms with van der Waals surface area (Å²) in [5.41, 5.74) is 6.14. The van der Waals surface area contributed by atoms with Crippen molar-refractivity contribution in [1.82, 2.24) is 0 Å². The molecule has 4 heteroatoms. The largest absolute Gasteiger partial charge is 0.497 e. The summed E-state index contributed by atoms with van der Waals surface area (Å²) in [4.78, 5) is 13.8. The quantitative estimate of drug-likeness (QED) is 0.362. The van der Waals surface area contributed by atoms with Crippen LogP contribution < -0.4 is 15.4 Å².